The quantitative estimate of drug-likeness (QED) is 0.275. The molecule has 0 fully saturated rings. The SMILES string of the molecule is Cc1c(CS(=O)(=O)Cl)c(C)c([B-](F)(F)F)c(C)c1N=[N+]=[N-]. The third-order valence-electron chi connectivity index (χ3n) is 3.21. The van der Waals surface area contributed by atoms with E-state index in [1.165, 1.54) is 20.8 Å². The highest BCUT2D eigenvalue weighted by Crippen LogP contribution is 2.32. The van der Waals surface area contributed by atoms with Gasteiger partial charge >= 0.3 is 6.98 Å². The monoisotopic (exact) mass is 340 g/mol. The minimum absolute atomic E-state index is 0.0906. The van der Waals surface area contributed by atoms with Crippen molar-refractivity contribution in [3.63, 3.8) is 0 Å². The van der Waals surface area contributed by atoms with E-state index >= 15 is 0 Å². The van der Waals surface area contributed by atoms with E-state index in [1.807, 2.05) is 0 Å². The Morgan fingerprint density at radius 3 is 2.10 bits per heavy atom. The lowest BCUT2D eigenvalue weighted by molar-refractivity contribution is 0.500. The molecule has 0 spiro atoms. The number of halogens is 4. The Bertz CT molecular complexity index is 743. The summed E-state index contributed by atoms with van der Waals surface area (Å²) in [5.41, 5.74) is 6.99. The maximum absolute atomic E-state index is 13.2. The van der Waals surface area contributed by atoms with Gasteiger partial charge in [-0.15, -0.1) is 5.46 Å². The molecule has 0 amide bonds. The van der Waals surface area contributed by atoms with Crippen LogP contribution in [0.15, 0.2) is 5.11 Å². The molecular formula is C10H11BClF3N3O2S-. The predicted molar refractivity (Wildman–Crippen MR) is 76.6 cm³/mol. The van der Waals surface area contributed by atoms with Crippen LogP contribution < -0.4 is 5.46 Å². The van der Waals surface area contributed by atoms with E-state index in [0.717, 1.165) is 0 Å². The molecule has 0 saturated heterocycles. The lowest BCUT2D eigenvalue weighted by atomic mass is 9.71. The Kier molecular flexibility index (Phi) is 4.87. The molecule has 0 heterocycles. The van der Waals surface area contributed by atoms with Gasteiger partial charge in [0.15, 0.2) is 0 Å². The predicted octanol–water partition coefficient (Wildman–Crippen LogP) is 3.68. The zero-order valence-electron chi connectivity index (χ0n) is 11.4. The van der Waals surface area contributed by atoms with Gasteiger partial charge in [-0.3, -0.25) is 0 Å². The third kappa shape index (κ3) is 3.84. The van der Waals surface area contributed by atoms with Gasteiger partial charge in [-0.25, -0.2) is 8.42 Å². The molecule has 0 unspecified atom stereocenters. The second kappa shape index (κ2) is 5.78. The molecule has 1 aromatic carbocycles. The Labute approximate surface area is 124 Å². The average Bonchev–Trinajstić information content (AvgIpc) is 2.27. The van der Waals surface area contributed by atoms with Crippen LogP contribution >= 0.6 is 10.7 Å². The fourth-order valence-electron chi connectivity index (χ4n) is 2.35. The molecular weight excluding hydrogens is 329 g/mol. The van der Waals surface area contributed by atoms with Crippen molar-refractivity contribution in [3.8, 4) is 0 Å². The molecule has 1 aromatic rings. The van der Waals surface area contributed by atoms with Crippen LogP contribution in [0.25, 0.3) is 10.4 Å². The second-order valence-corrected chi connectivity index (χ2v) is 7.34. The van der Waals surface area contributed by atoms with Crippen LogP contribution in [0.5, 0.6) is 0 Å². The molecule has 0 aliphatic rings. The van der Waals surface area contributed by atoms with Crippen LogP contribution in [0.1, 0.15) is 22.3 Å². The van der Waals surface area contributed by atoms with E-state index in [0.29, 0.717) is 0 Å². The molecule has 0 radical (unpaired) electrons. The van der Waals surface area contributed by atoms with Gasteiger partial charge in [0.2, 0.25) is 9.05 Å². The van der Waals surface area contributed by atoms with Crippen molar-refractivity contribution in [2.45, 2.75) is 26.5 Å². The van der Waals surface area contributed by atoms with Crippen molar-refractivity contribution in [2.24, 2.45) is 5.11 Å². The molecule has 0 aliphatic carbocycles. The van der Waals surface area contributed by atoms with Gasteiger partial charge in [-0.05, 0) is 37.4 Å². The summed E-state index contributed by atoms with van der Waals surface area (Å²) >= 11 is 0. The fourth-order valence-corrected chi connectivity index (χ4v) is 3.46. The van der Waals surface area contributed by atoms with Crippen molar-refractivity contribution < 1.29 is 21.4 Å². The highest BCUT2D eigenvalue weighted by molar-refractivity contribution is 8.13. The third-order valence-corrected chi connectivity index (χ3v) is 4.17. The van der Waals surface area contributed by atoms with Crippen molar-refractivity contribution in [1.29, 1.82) is 0 Å². The van der Waals surface area contributed by atoms with E-state index in [1.54, 1.807) is 0 Å². The normalized spacial score (nSPS) is 12.1. The van der Waals surface area contributed by atoms with E-state index in [-0.39, 0.29) is 27.9 Å². The molecule has 0 N–H and O–H groups in total. The second-order valence-electron chi connectivity index (χ2n) is 4.56. The van der Waals surface area contributed by atoms with Gasteiger partial charge in [0.1, 0.15) is 0 Å². The first-order valence-electron chi connectivity index (χ1n) is 5.70. The zero-order chi connectivity index (χ0) is 16.6. The van der Waals surface area contributed by atoms with Crippen LogP contribution in [0, 0.1) is 20.8 Å². The number of rotatable bonds is 4. The fraction of sp³-hybridized carbons (Fsp3) is 0.400. The first-order valence-corrected chi connectivity index (χ1v) is 8.18. The smallest absolute Gasteiger partial charge is 0.445 e. The van der Waals surface area contributed by atoms with E-state index in [9.17, 15) is 21.4 Å². The lowest BCUT2D eigenvalue weighted by Crippen LogP contribution is -2.39. The highest BCUT2D eigenvalue weighted by atomic mass is 35.7. The summed E-state index contributed by atoms with van der Waals surface area (Å²) in [7, 11) is 1.09. The van der Waals surface area contributed by atoms with Crippen LogP contribution in [-0.4, -0.2) is 15.4 Å². The highest BCUT2D eigenvalue weighted by Gasteiger charge is 2.32. The molecule has 1 rings (SSSR count). The summed E-state index contributed by atoms with van der Waals surface area (Å²) in [6, 6.07) is 0. The lowest BCUT2D eigenvalue weighted by Gasteiger charge is -2.26. The number of hydrogen-bond donors (Lipinski definition) is 0. The van der Waals surface area contributed by atoms with Crippen molar-refractivity contribution >= 4 is 37.9 Å². The number of azide groups is 1. The maximum Gasteiger partial charge on any atom is 0.510 e. The largest absolute Gasteiger partial charge is 0.510 e. The first-order chi connectivity index (χ1) is 9.40. The maximum atomic E-state index is 13.2. The number of nitrogens with zero attached hydrogens (tertiary/aromatic N) is 3. The minimum atomic E-state index is -5.39. The summed E-state index contributed by atoms with van der Waals surface area (Å²) in [5, 5.41) is 3.26. The van der Waals surface area contributed by atoms with Gasteiger partial charge < -0.3 is 12.9 Å². The van der Waals surface area contributed by atoms with Crippen LogP contribution in [0.4, 0.5) is 18.6 Å². The molecule has 116 valence electrons. The van der Waals surface area contributed by atoms with Crippen LogP contribution in [-0.2, 0) is 14.8 Å². The Hall–Kier alpha value is -1.38. The summed E-state index contributed by atoms with van der Waals surface area (Å²) in [6.45, 7) is -1.62. The number of benzene rings is 1. The molecule has 0 aromatic heterocycles. The van der Waals surface area contributed by atoms with Gasteiger partial charge in [-0.2, -0.15) is 0 Å². The van der Waals surface area contributed by atoms with Crippen LogP contribution in [0.3, 0.4) is 0 Å². The van der Waals surface area contributed by atoms with Crippen molar-refractivity contribution in [2.75, 3.05) is 0 Å². The van der Waals surface area contributed by atoms with Crippen LogP contribution in [0.2, 0.25) is 0 Å². The summed E-state index contributed by atoms with van der Waals surface area (Å²) < 4.78 is 62.1. The zero-order valence-corrected chi connectivity index (χ0v) is 12.9. The van der Waals surface area contributed by atoms with E-state index < -0.39 is 27.2 Å². The van der Waals surface area contributed by atoms with Crippen molar-refractivity contribution in [3.05, 3.63) is 32.7 Å². The standard InChI is InChI=1S/C10H11BClF3N3O2S/c1-5-8(4-21(12,19)20)6(2)10(17-18-16)7(3)9(5)11(13,14)15/h4H2,1-3H3/q-1. The molecule has 21 heavy (non-hydrogen) atoms. The molecule has 0 aliphatic heterocycles. The summed E-state index contributed by atoms with van der Waals surface area (Å²) in [4.78, 5) is 2.50. The van der Waals surface area contributed by atoms with E-state index in [4.69, 9.17) is 16.2 Å². The Morgan fingerprint density at radius 2 is 1.71 bits per heavy atom. The van der Waals surface area contributed by atoms with Gasteiger partial charge in [-0.1, -0.05) is 16.2 Å². The van der Waals surface area contributed by atoms with Gasteiger partial charge in [0.05, 0.1) is 5.75 Å². The summed E-state index contributed by atoms with van der Waals surface area (Å²) in [5.74, 6) is -0.764. The summed E-state index contributed by atoms with van der Waals surface area (Å²) in [6.07, 6.45) is 0. The number of hydrogen-bond acceptors (Lipinski definition) is 3. The van der Waals surface area contributed by atoms with Crippen molar-refractivity contribution in [1.82, 2.24) is 0 Å². The molecule has 0 bridgehead atoms. The molecule has 0 atom stereocenters. The van der Waals surface area contributed by atoms with E-state index in [2.05, 4.69) is 10.0 Å². The minimum Gasteiger partial charge on any atom is -0.445 e. The molecule has 0 saturated carbocycles. The topological polar surface area (TPSA) is 82.9 Å². The molecule has 5 nitrogen and oxygen atoms in total. The molecule has 11 heteroatoms. The first kappa shape index (κ1) is 17.7. The average molecular weight is 341 g/mol. The van der Waals surface area contributed by atoms with Gasteiger partial charge in [0, 0.05) is 21.3 Å². The Balaban J connectivity index is 3.89. The Morgan fingerprint density at radius 1 is 1.19 bits per heavy atom. The van der Waals surface area contributed by atoms with Gasteiger partial charge in [0.25, 0.3) is 0 Å².